The van der Waals surface area contributed by atoms with Crippen LogP contribution in [0.1, 0.15) is 41.0 Å². The highest BCUT2D eigenvalue weighted by Gasteiger charge is 2.26. The molecule has 0 bridgehead atoms. The van der Waals surface area contributed by atoms with Crippen LogP contribution in [0.15, 0.2) is 21.9 Å². The van der Waals surface area contributed by atoms with E-state index < -0.39 is 5.91 Å². The average Bonchev–Trinajstić information content (AvgIpc) is 3.49. The fraction of sp³-hybridized carbons (Fsp3) is 0.429. The Hall–Kier alpha value is -4.20. The molecule has 0 spiro atoms. The molecule has 35 heavy (non-hydrogen) atoms. The zero-order valence-corrected chi connectivity index (χ0v) is 19.7. The lowest BCUT2D eigenvalue weighted by molar-refractivity contribution is 0.0944. The Morgan fingerprint density at radius 1 is 1.11 bits per heavy atom. The molecular formula is C21H27N9O5. The van der Waals surface area contributed by atoms with Gasteiger partial charge in [-0.15, -0.1) is 5.10 Å². The van der Waals surface area contributed by atoms with Gasteiger partial charge in [-0.1, -0.05) is 11.6 Å². The van der Waals surface area contributed by atoms with Gasteiger partial charge in [0.2, 0.25) is 11.6 Å². The minimum absolute atomic E-state index is 0.0213. The number of hydrogen-bond acceptors (Lipinski definition) is 12. The van der Waals surface area contributed by atoms with Crippen molar-refractivity contribution in [1.82, 2.24) is 35.6 Å². The monoisotopic (exact) mass is 485 g/mol. The lowest BCUT2D eigenvalue weighted by Crippen LogP contribution is -2.31. The van der Waals surface area contributed by atoms with Crippen LogP contribution in [-0.2, 0) is 6.54 Å². The van der Waals surface area contributed by atoms with Crippen molar-refractivity contribution in [1.29, 1.82) is 0 Å². The number of carbonyl (C=O) groups excluding carboxylic acids is 1. The first kappa shape index (κ1) is 23.9. The number of piperidine rings is 1. The zero-order valence-electron chi connectivity index (χ0n) is 19.7. The van der Waals surface area contributed by atoms with E-state index in [1.54, 1.807) is 12.1 Å². The second kappa shape index (κ2) is 10.8. The Balaban J connectivity index is 1.60. The number of nitrogen functional groups attached to an aromatic ring is 1. The SMILES string of the molecule is COc1cc(OC)c(OC)cc1/C=N/NC(=O)c1c(CN2CCCCC2)nnn1-c1nonc1N. The first-order chi connectivity index (χ1) is 17.0. The van der Waals surface area contributed by atoms with Crippen molar-refractivity contribution in [2.24, 2.45) is 5.10 Å². The number of likely N-dealkylation sites (tertiary alicyclic amines) is 1. The predicted molar refractivity (Wildman–Crippen MR) is 124 cm³/mol. The molecule has 1 aliphatic heterocycles. The largest absolute Gasteiger partial charge is 0.496 e. The fourth-order valence-electron chi connectivity index (χ4n) is 3.83. The van der Waals surface area contributed by atoms with E-state index >= 15 is 0 Å². The quantitative estimate of drug-likeness (QED) is 0.328. The van der Waals surface area contributed by atoms with E-state index in [1.165, 1.54) is 38.6 Å². The summed E-state index contributed by atoms with van der Waals surface area (Å²) in [4.78, 5) is 15.4. The summed E-state index contributed by atoms with van der Waals surface area (Å²) in [6, 6.07) is 3.35. The van der Waals surface area contributed by atoms with E-state index in [0.29, 0.717) is 35.1 Å². The molecule has 14 heteroatoms. The summed E-state index contributed by atoms with van der Waals surface area (Å²) < 4.78 is 21.9. The summed E-state index contributed by atoms with van der Waals surface area (Å²) in [5.74, 6) is 0.965. The number of methoxy groups -OCH3 is 3. The number of nitrogens with zero attached hydrogens (tertiary/aromatic N) is 7. The molecule has 3 aromatic rings. The fourth-order valence-corrected chi connectivity index (χ4v) is 3.83. The lowest BCUT2D eigenvalue weighted by atomic mass is 10.1. The van der Waals surface area contributed by atoms with Crippen molar-refractivity contribution >= 4 is 17.9 Å². The van der Waals surface area contributed by atoms with Gasteiger partial charge in [-0.2, -0.15) is 9.78 Å². The van der Waals surface area contributed by atoms with E-state index in [9.17, 15) is 4.79 Å². The number of anilines is 1. The highest BCUT2D eigenvalue weighted by Crippen LogP contribution is 2.33. The highest BCUT2D eigenvalue weighted by molar-refractivity contribution is 5.95. The molecule has 14 nitrogen and oxygen atoms in total. The van der Waals surface area contributed by atoms with E-state index in [0.717, 1.165) is 25.9 Å². The Labute approximate surface area is 201 Å². The molecule has 4 rings (SSSR count). The van der Waals surface area contributed by atoms with Gasteiger partial charge in [0, 0.05) is 18.2 Å². The van der Waals surface area contributed by atoms with Crippen molar-refractivity contribution in [2.75, 3.05) is 40.2 Å². The maximum absolute atomic E-state index is 13.2. The number of hydrogen-bond donors (Lipinski definition) is 2. The normalized spacial score (nSPS) is 14.3. The van der Waals surface area contributed by atoms with E-state index in [4.69, 9.17) is 19.9 Å². The number of rotatable bonds is 9. The van der Waals surface area contributed by atoms with Gasteiger partial charge in [-0.05, 0) is 42.3 Å². The van der Waals surface area contributed by atoms with Crippen LogP contribution in [0, 0.1) is 0 Å². The minimum atomic E-state index is -0.555. The molecule has 0 unspecified atom stereocenters. The predicted octanol–water partition coefficient (Wildman–Crippen LogP) is 1.01. The number of hydrazone groups is 1. The topological polar surface area (TPSA) is 168 Å². The second-order valence-electron chi connectivity index (χ2n) is 7.75. The van der Waals surface area contributed by atoms with Crippen molar-refractivity contribution in [3.05, 3.63) is 29.1 Å². The van der Waals surface area contributed by atoms with Crippen molar-refractivity contribution < 1.29 is 23.6 Å². The first-order valence-electron chi connectivity index (χ1n) is 10.9. The molecule has 186 valence electrons. The molecule has 0 saturated carbocycles. The molecule has 1 aliphatic rings. The number of nitrogens with two attached hydrogens (primary N) is 1. The van der Waals surface area contributed by atoms with Gasteiger partial charge in [-0.25, -0.2) is 10.1 Å². The Morgan fingerprint density at radius 2 is 1.83 bits per heavy atom. The molecule has 1 amide bonds. The van der Waals surface area contributed by atoms with Crippen molar-refractivity contribution in [3.8, 4) is 23.1 Å². The number of ether oxygens (including phenoxy) is 3. The maximum atomic E-state index is 13.2. The molecule has 3 heterocycles. The van der Waals surface area contributed by atoms with Crippen LogP contribution in [0.4, 0.5) is 5.82 Å². The Bertz CT molecular complexity index is 1200. The molecule has 0 atom stereocenters. The summed E-state index contributed by atoms with van der Waals surface area (Å²) in [6.45, 7) is 2.28. The summed E-state index contributed by atoms with van der Waals surface area (Å²) in [6.07, 6.45) is 4.80. The Morgan fingerprint density at radius 3 is 2.49 bits per heavy atom. The molecule has 1 saturated heterocycles. The van der Waals surface area contributed by atoms with Crippen molar-refractivity contribution in [3.63, 3.8) is 0 Å². The standard InChI is InChI=1S/C21H27N9O5/c1-32-15-10-17(34-3)16(33-2)9-13(15)11-23-25-21(31)18-14(12-29-7-5-4-6-8-29)24-28-30(18)20-19(22)26-35-27-20/h9-11H,4-8,12H2,1-3H3,(H2,22,26)(H,25,31)/b23-11+. The van der Waals surface area contributed by atoms with Gasteiger partial charge in [0.15, 0.2) is 17.2 Å². The van der Waals surface area contributed by atoms with Crippen LogP contribution in [0.25, 0.3) is 5.82 Å². The van der Waals surface area contributed by atoms with E-state index in [-0.39, 0.29) is 17.3 Å². The highest BCUT2D eigenvalue weighted by atomic mass is 16.6. The Kier molecular flexibility index (Phi) is 7.40. The van der Waals surface area contributed by atoms with Gasteiger partial charge >= 0.3 is 0 Å². The number of benzene rings is 1. The van der Waals surface area contributed by atoms with Crippen LogP contribution in [0.2, 0.25) is 0 Å². The van der Waals surface area contributed by atoms with Gasteiger partial charge < -0.3 is 19.9 Å². The molecular weight excluding hydrogens is 458 g/mol. The lowest BCUT2D eigenvalue weighted by Gasteiger charge is -2.25. The van der Waals surface area contributed by atoms with E-state index in [2.05, 4.69) is 40.7 Å². The summed E-state index contributed by atoms with van der Waals surface area (Å²) in [5, 5.41) is 19.7. The van der Waals surface area contributed by atoms with E-state index in [1.807, 2.05) is 0 Å². The van der Waals surface area contributed by atoms with Gasteiger partial charge in [-0.3, -0.25) is 9.69 Å². The molecule has 0 radical (unpaired) electrons. The van der Waals surface area contributed by atoms with Gasteiger partial charge in [0.25, 0.3) is 5.91 Å². The van der Waals surface area contributed by atoms with Crippen LogP contribution in [0.5, 0.6) is 17.2 Å². The second-order valence-corrected chi connectivity index (χ2v) is 7.75. The molecule has 1 fully saturated rings. The molecule has 2 aromatic heterocycles. The van der Waals surface area contributed by atoms with Gasteiger partial charge in [0.05, 0.1) is 27.5 Å². The summed E-state index contributed by atoms with van der Waals surface area (Å²) in [5.41, 5.74) is 9.51. The van der Waals surface area contributed by atoms with Crippen LogP contribution in [-0.4, -0.2) is 76.7 Å². The molecule has 1 aromatic carbocycles. The third-order valence-corrected chi connectivity index (χ3v) is 5.58. The van der Waals surface area contributed by atoms with Crippen molar-refractivity contribution in [2.45, 2.75) is 25.8 Å². The summed E-state index contributed by atoms with van der Waals surface area (Å²) in [7, 11) is 4.57. The third kappa shape index (κ3) is 5.16. The smallest absolute Gasteiger partial charge is 0.292 e. The number of aromatic nitrogens is 5. The average molecular weight is 486 g/mol. The van der Waals surface area contributed by atoms with Crippen LogP contribution >= 0.6 is 0 Å². The summed E-state index contributed by atoms with van der Waals surface area (Å²) >= 11 is 0. The van der Waals surface area contributed by atoms with Crippen LogP contribution in [0.3, 0.4) is 0 Å². The third-order valence-electron chi connectivity index (χ3n) is 5.58. The number of nitrogens with one attached hydrogen (secondary N) is 1. The molecule has 3 N–H and O–H groups in total. The van der Waals surface area contributed by atoms with Crippen LogP contribution < -0.4 is 25.4 Å². The minimum Gasteiger partial charge on any atom is -0.496 e. The zero-order chi connectivity index (χ0) is 24.8. The van der Waals surface area contributed by atoms with Gasteiger partial charge in [0.1, 0.15) is 11.4 Å². The first-order valence-corrected chi connectivity index (χ1v) is 10.9. The molecule has 0 aliphatic carbocycles. The number of amides is 1. The maximum Gasteiger partial charge on any atom is 0.292 e. The number of carbonyl (C=O) groups is 1.